The Labute approximate surface area is 163 Å². The number of nitrogens with one attached hydrogen (secondary N) is 1. The molecule has 0 spiro atoms. The predicted octanol–water partition coefficient (Wildman–Crippen LogP) is 0.739. The van der Waals surface area contributed by atoms with Gasteiger partial charge in [0.15, 0.2) is 0 Å². The molecule has 1 aromatic rings. The van der Waals surface area contributed by atoms with E-state index < -0.39 is 6.04 Å². The van der Waals surface area contributed by atoms with E-state index in [0.717, 1.165) is 6.54 Å². The fourth-order valence-electron chi connectivity index (χ4n) is 3.42. The van der Waals surface area contributed by atoms with Crippen LogP contribution in [0.2, 0.25) is 0 Å². The third kappa shape index (κ3) is 4.98. The van der Waals surface area contributed by atoms with Crippen molar-refractivity contribution in [2.45, 2.75) is 25.9 Å². The van der Waals surface area contributed by atoms with E-state index in [0.29, 0.717) is 45.9 Å². The second kappa shape index (κ2) is 9.18. The van der Waals surface area contributed by atoms with Gasteiger partial charge in [-0.15, -0.1) is 11.3 Å². The highest BCUT2D eigenvalue weighted by Gasteiger charge is 2.34. The summed E-state index contributed by atoms with van der Waals surface area (Å²) in [4.78, 5) is 43.5. The molecule has 0 bridgehead atoms. The zero-order chi connectivity index (χ0) is 19.2. The molecule has 3 heterocycles. The molecule has 9 heteroatoms. The molecule has 3 amide bonds. The minimum absolute atomic E-state index is 0.0447. The third-order valence-electron chi connectivity index (χ3n) is 4.91. The summed E-state index contributed by atoms with van der Waals surface area (Å²) < 4.78 is 5.00. The fraction of sp³-hybridized carbons (Fsp3) is 0.611. The Morgan fingerprint density at radius 1 is 1.22 bits per heavy atom. The van der Waals surface area contributed by atoms with Crippen LogP contribution in [0.15, 0.2) is 17.5 Å². The van der Waals surface area contributed by atoms with Crippen LogP contribution in [0, 0.1) is 0 Å². The van der Waals surface area contributed by atoms with E-state index in [2.05, 4.69) is 10.2 Å². The lowest BCUT2D eigenvalue weighted by molar-refractivity contribution is -0.140. The van der Waals surface area contributed by atoms with Crippen molar-refractivity contribution in [3.05, 3.63) is 22.4 Å². The minimum atomic E-state index is -0.448. The first-order valence-electron chi connectivity index (χ1n) is 9.32. The zero-order valence-corrected chi connectivity index (χ0v) is 16.4. The predicted molar refractivity (Wildman–Crippen MR) is 101 cm³/mol. The lowest BCUT2D eigenvalue weighted by Crippen LogP contribution is -2.57. The Morgan fingerprint density at radius 3 is 2.63 bits per heavy atom. The van der Waals surface area contributed by atoms with Crippen molar-refractivity contribution in [3.8, 4) is 0 Å². The molecule has 27 heavy (non-hydrogen) atoms. The van der Waals surface area contributed by atoms with Gasteiger partial charge in [0.2, 0.25) is 11.8 Å². The molecule has 0 aliphatic carbocycles. The smallest absolute Gasteiger partial charge is 0.409 e. The molecule has 8 nitrogen and oxygen atoms in total. The summed E-state index contributed by atoms with van der Waals surface area (Å²) in [6.45, 7) is 5.99. The molecular weight excluding hydrogens is 368 g/mol. The number of carbonyl (C=O) groups is 3. The summed E-state index contributed by atoms with van der Waals surface area (Å²) in [5.41, 5.74) is 0. The van der Waals surface area contributed by atoms with Gasteiger partial charge < -0.3 is 19.9 Å². The Morgan fingerprint density at radius 2 is 1.96 bits per heavy atom. The quantitative estimate of drug-likeness (QED) is 0.797. The van der Waals surface area contributed by atoms with Crippen LogP contribution >= 0.6 is 11.3 Å². The van der Waals surface area contributed by atoms with Crippen LogP contribution in [0.4, 0.5) is 4.79 Å². The van der Waals surface area contributed by atoms with Crippen LogP contribution in [0.3, 0.4) is 0 Å². The molecule has 1 unspecified atom stereocenters. The summed E-state index contributed by atoms with van der Waals surface area (Å²) in [5.74, 6) is -0.131. The van der Waals surface area contributed by atoms with E-state index in [1.165, 1.54) is 4.88 Å². The lowest BCUT2D eigenvalue weighted by Gasteiger charge is -2.37. The summed E-state index contributed by atoms with van der Waals surface area (Å²) in [7, 11) is 0. The average Bonchev–Trinajstić information content (AvgIpc) is 3.18. The van der Waals surface area contributed by atoms with Crippen molar-refractivity contribution in [1.82, 2.24) is 20.0 Å². The number of rotatable bonds is 5. The van der Waals surface area contributed by atoms with Crippen molar-refractivity contribution >= 4 is 29.2 Å². The molecule has 1 N–H and O–H groups in total. The topological polar surface area (TPSA) is 82.2 Å². The number of ether oxygens (including phenoxy) is 1. The maximum absolute atomic E-state index is 12.7. The van der Waals surface area contributed by atoms with Gasteiger partial charge >= 0.3 is 6.09 Å². The number of hydrogen-bond acceptors (Lipinski definition) is 6. The molecule has 2 fully saturated rings. The van der Waals surface area contributed by atoms with E-state index in [1.54, 1.807) is 28.1 Å². The molecule has 0 radical (unpaired) electrons. The zero-order valence-electron chi connectivity index (χ0n) is 15.6. The number of thiophene rings is 1. The molecule has 1 atom stereocenters. The van der Waals surface area contributed by atoms with Gasteiger partial charge in [-0.2, -0.15) is 0 Å². The van der Waals surface area contributed by atoms with E-state index in [1.807, 2.05) is 17.5 Å². The van der Waals surface area contributed by atoms with Crippen LogP contribution in [0.1, 0.15) is 18.2 Å². The molecule has 1 aromatic heterocycles. The van der Waals surface area contributed by atoms with Gasteiger partial charge in [0.25, 0.3) is 0 Å². The van der Waals surface area contributed by atoms with Crippen LogP contribution in [0.25, 0.3) is 0 Å². The molecule has 2 saturated heterocycles. The van der Waals surface area contributed by atoms with Gasteiger partial charge in [0.05, 0.1) is 19.1 Å². The van der Waals surface area contributed by atoms with Gasteiger partial charge in [-0.05, 0) is 18.4 Å². The number of amides is 3. The maximum Gasteiger partial charge on any atom is 0.409 e. The standard InChI is InChI=1S/C18H26N4O4S/c1-2-26-18(25)21-9-7-20(8-10-21)16(23)12-15-17(24)19-5-6-22(15)13-14-4-3-11-27-14/h3-4,11,15H,2,5-10,12-13H2,1H3,(H,19,24). The maximum atomic E-state index is 12.7. The number of hydrogen-bond donors (Lipinski definition) is 1. The molecule has 148 valence electrons. The minimum Gasteiger partial charge on any atom is -0.450 e. The Bertz CT molecular complexity index is 658. The Kier molecular flexibility index (Phi) is 6.68. The van der Waals surface area contributed by atoms with Crippen molar-refractivity contribution < 1.29 is 19.1 Å². The lowest BCUT2D eigenvalue weighted by atomic mass is 10.1. The molecular formula is C18H26N4O4S. The van der Waals surface area contributed by atoms with E-state index >= 15 is 0 Å². The van der Waals surface area contributed by atoms with Gasteiger partial charge in [-0.25, -0.2) is 4.79 Å². The van der Waals surface area contributed by atoms with Gasteiger partial charge in [-0.3, -0.25) is 14.5 Å². The van der Waals surface area contributed by atoms with Gasteiger partial charge in [0.1, 0.15) is 0 Å². The van der Waals surface area contributed by atoms with Crippen LogP contribution in [-0.4, -0.2) is 84.5 Å². The highest BCUT2D eigenvalue weighted by Crippen LogP contribution is 2.18. The van der Waals surface area contributed by atoms with Crippen molar-refractivity contribution in [1.29, 1.82) is 0 Å². The number of carbonyl (C=O) groups excluding carboxylic acids is 3. The molecule has 2 aliphatic heterocycles. The van der Waals surface area contributed by atoms with Gasteiger partial charge in [0, 0.05) is 50.7 Å². The first-order chi connectivity index (χ1) is 13.1. The molecule has 0 saturated carbocycles. The SMILES string of the molecule is CCOC(=O)N1CCN(C(=O)CC2C(=O)NCCN2Cc2cccs2)CC1. The molecule has 0 aromatic carbocycles. The second-order valence-electron chi connectivity index (χ2n) is 6.63. The van der Waals surface area contributed by atoms with Gasteiger partial charge in [-0.1, -0.05) is 6.07 Å². The summed E-state index contributed by atoms with van der Waals surface area (Å²) in [6.07, 6.45) is -0.172. The van der Waals surface area contributed by atoms with Crippen LogP contribution in [0.5, 0.6) is 0 Å². The highest BCUT2D eigenvalue weighted by atomic mass is 32.1. The average molecular weight is 394 g/mol. The van der Waals surface area contributed by atoms with Crippen molar-refractivity contribution in [2.75, 3.05) is 45.9 Å². The normalized spacial score (nSPS) is 21.1. The van der Waals surface area contributed by atoms with Crippen LogP contribution < -0.4 is 5.32 Å². The van der Waals surface area contributed by atoms with E-state index in [4.69, 9.17) is 4.74 Å². The summed E-state index contributed by atoms with van der Waals surface area (Å²) in [6, 6.07) is 3.59. The van der Waals surface area contributed by atoms with E-state index in [-0.39, 0.29) is 24.3 Å². The Balaban J connectivity index is 1.55. The van der Waals surface area contributed by atoms with Crippen LogP contribution in [-0.2, 0) is 20.9 Å². The summed E-state index contributed by atoms with van der Waals surface area (Å²) >= 11 is 1.66. The first kappa shape index (κ1) is 19.6. The number of piperazine rings is 2. The highest BCUT2D eigenvalue weighted by molar-refractivity contribution is 7.09. The monoisotopic (exact) mass is 394 g/mol. The number of nitrogens with zero attached hydrogens (tertiary/aromatic N) is 3. The van der Waals surface area contributed by atoms with E-state index in [9.17, 15) is 14.4 Å². The largest absolute Gasteiger partial charge is 0.450 e. The van der Waals surface area contributed by atoms with Crippen molar-refractivity contribution in [3.63, 3.8) is 0 Å². The third-order valence-corrected chi connectivity index (χ3v) is 5.77. The molecule has 3 rings (SSSR count). The Hall–Kier alpha value is -2.13. The second-order valence-corrected chi connectivity index (χ2v) is 7.66. The summed E-state index contributed by atoms with van der Waals surface area (Å²) in [5, 5.41) is 4.89. The fourth-order valence-corrected chi connectivity index (χ4v) is 4.15. The molecule has 2 aliphatic rings. The van der Waals surface area contributed by atoms with Crippen molar-refractivity contribution in [2.24, 2.45) is 0 Å². The first-order valence-corrected chi connectivity index (χ1v) is 10.2.